The molecule has 0 aliphatic rings. The van der Waals surface area contributed by atoms with Gasteiger partial charge in [0, 0.05) is 24.4 Å². The first-order valence-electron chi connectivity index (χ1n) is 10.1. The number of aliphatic hydroxyl groups is 1. The van der Waals surface area contributed by atoms with Crippen LogP contribution in [-0.2, 0) is 0 Å². The van der Waals surface area contributed by atoms with E-state index in [4.69, 9.17) is 9.47 Å². The van der Waals surface area contributed by atoms with E-state index < -0.39 is 12.1 Å². The fourth-order valence-corrected chi connectivity index (χ4v) is 3.03. The Balaban J connectivity index is 2.10. The van der Waals surface area contributed by atoms with Gasteiger partial charge >= 0.3 is 6.03 Å². The lowest BCUT2D eigenvalue weighted by Gasteiger charge is -2.24. The number of hydrogen-bond acceptors (Lipinski definition) is 5. The van der Waals surface area contributed by atoms with Crippen LogP contribution in [0.1, 0.15) is 38.3 Å². The van der Waals surface area contributed by atoms with Crippen molar-refractivity contribution in [2.75, 3.05) is 32.3 Å². The van der Waals surface area contributed by atoms with Crippen LogP contribution in [0.5, 0.6) is 17.2 Å². The predicted molar refractivity (Wildman–Crippen MR) is 117 cm³/mol. The zero-order valence-electron chi connectivity index (χ0n) is 18.1. The fraction of sp³-hybridized carbons (Fsp3) is 0.435. The minimum absolute atomic E-state index is 0.0148. The number of para-hydroxylation sites is 1. The lowest BCUT2D eigenvalue weighted by Crippen LogP contribution is -2.40. The summed E-state index contributed by atoms with van der Waals surface area (Å²) in [5.74, 6) is 1.79. The van der Waals surface area contributed by atoms with E-state index in [-0.39, 0.29) is 12.4 Å². The van der Waals surface area contributed by atoms with Gasteiger partial charge in [-0.3, -0.25) is 4.90 Å². The quantitative estimate of drug-likeness (QED) is 0.507. The number of aliphatic hydroxyl groups excluding tert-OH is 1. The molecule has 3 N–H and O–H groups in total. The standard InChI is InChI=1S/C23H32N2O5/c1-16(2)8-7-13-30-22-14-17(11-12-21(22)29-4)25(3)23(28)24-19(15-26)18-9-5-6-10-20(18)27/h5-6,9-12,14,16,19,26-27H,7-8,13,15H2,1-4H3,(H,24,28). The first kappa shape index (κ1) is 23.3. The van der Waals surface area contributed by atoms with Gasteiger partial charge in [-0.1, -0.05) is 32.0 Å². The maximum Gasteiger partial charge on any atom is 0.322 e. The van der Waals surface area contributed by atoms with E-state index in [1.807, 2.05) is 0 Å². The number of amides is 2. The Bertz CT molecular complexity index is 825. The van der Waals surface area contributed by atoms with E-state index >= 15 is 0 Å². The van der Waals surface area contributed by atoms with Crippen molar-refractivity contribution < 1.29 is 24.5 Å². The predicted octanol–water partition coefficient (Wildman–Crippen LogP) is 4.10. The normalized spacial score (nSPS) is 11.8. The van der Waals surface area contributed by atoms with Crippen molar-refractivity contribution in [3.05, 3.63) is 48.0 Å². The number of benzene rings is 2. The zero-order chi connectivity index (χ0) is 22.1. The van der Waals surface area contributed by atoms with E-state index in [9.17, 15) is 15.0 Å². The molecule has 30 heavy (non-hydrogen) atoms. The SMILES string of the molecule is COc1ccc(N(C)C(=O)NC(CO)c2ccccc2O)cc1OCCCC(C)C. The van der Waals surface area contributed by atoms with Crippen LogP contribution in [0.2, 0.25) is 0 Å². The zero-order valence-corrected chi connectivity index (χ0v) is 18.1. The molecular formula is C23H32N2O5. The Morgan fingerprint density at radius 1 is 1.17 bits per heavy atom. The molecule has 164 valence electrons. The number of methoxy groups -OCH3 is 1. The number of anilines is 1. The van der Waals surface area contributed by atoms with Crippen LogP contribution >= 0.6 is 0 Å². The van der Waals surface area contributed by atoms with Gasteiger partial charge in [0.05, 0.1) is 26.4 Å². The number of hydrogen-bond donors (Lipinski definition) is 3. The molecule has 0 aliphatic carbocycles. The molecule has 0 fully saturated rings. The summed E-state index contributed by atoms with van der Waals surface area (Å²) in [5, 5.41) is 22.4. The molecule has 0 heterocycles. The molecule has 0 saturated heterocycles. The van der Waals surface area contributed by atoms with Gasteiger partial charge in [-0.25, -0.2) is 4.79 Å². The Labute approximate surface area is 178 Å². The van der Waals surface area contributed by atoms with Crippen LogP contribution in [-0.4, -0.2) is 43.6 Å². The van der Waals surface area contributed by atoms with Gasteiger partial charge in [-0.15, -0.1) is 0 Å². The van der Waals surface area contributed by atoms with Crippen LogP contribution in [0.15, 0.2) is 42.5 Å². The van der Waals surface area contributed by atoms with E-state index in [1.54, 1.807) is 50.6 Å². The van der Waals surface area contributed by atoms with Crippen molar-refractivity contribution in [1.82, 2.24) is 5.32 Å². The number of ether oxygens (including phenoxy) is 2. The van der Waals surface area contributed by atoms with Gasteiger partial charge in [0.2, 0.25) is 0 Å². The Kier molecular flexibility index (Phi) is 8.80. The highest BCUT2D eigenvalue weighted by atomic mass is 16.5. The second-order valence-corrected chi connectivity index (χ2v) is 7.52. The van der Waals surface area contributed by atoms with Crippen LogP contribution in [0.25, 0.3) is 0 Å². The summed E-state index contributed by atoms with van der Waals surface area (Å²) in [6, 6.07) is 10.7. The number of phenols is 1. The Morgan fingerprint density at radius 3 is 2.53 bits per heavy atom. The van der Waals surface area contributed by atoms with Crippen molar-refractivity contribution in [3.8, 4) is 17.2 Å². The number of carbonyl (C=O) groups is 1. The molecular weight excluding hydrogens is 384 g/mol. The highest BCUT2D eigenvalue weighted by Crippen LogP contribution is 2.32. The number of carbonyl (C=O) groups excluding carboxylic acids is 1. The third-order valence-electron chi connectivity index (χ3n) is 4.81. The molecule has 0 spiro atoms. The van der Waals surface area contributed by atoms with Gasteiger partial charge in [-0.2, -0.15) is 0 Å². The third kappa shape index (κ3) is 6.29. The summed E-state index contributed by atoms with van der Waals surface area (Å²) in [4.78, 5) is 14.2. The van der Waals surface area contributed by atoms with Gasteiger partial charge in [-0.05, 0) is 37.0 Å². The maximum absolute atomic E-state index is 12.7. The average molecular weight is 417 g/mol. The average Bonchev–Trinajstić information content (AvgIpc) is 2.74. The van der Waals surface area contributed by atoms with E-state index in [0.29, 0.717) is 35.3 Å². The first-order valence-corrected chi connectivity index (χ1v) is 10.1. The highest BCUT2D eigenvalue weighted by Gasteiger charge is 2.20. The second-order valence-electron chi connectivity index (χ2n) is 7.52. The summed E-state index contributed by atoms with van der Waals surface area (Å²) in [5.41, 5.74) is 1.06. The number of phenolic OH excluding ortho intramolecular Hbond substituents is 1. The highest BCUT2D eigenvalue weighted by molar-refractivity contribution is 5.92. The smallest absolute Gasteiger partial charge is 0.322 e. The number of nitrogens with zero attached hydrogens (tertiary/aromatic N) is 1. The van der Waals surface area contributed by atoms with E-state index in [0.717, 1.165) is 12.8 Å². The monoisotopic (exact) mass is 416 g/mol. The molecule has 2 aromatic rings. The Hall–Kier alpha value is -2.93. The van der Waals surface area contributed by atoms with E-state index in [2.05, 4.69) is 19.2 Å². The first-order chi connectivity index (χ1) is 14.4. The molecule has 2 amide bonds. The number of nitrogens with one attached hydrogen (secondary N) is 1. The molecule has 7 nitrogen and oxygen atoms in total. The lowest BCUT2D eigenvalue weighted by atomic mass is 10.1. The molecule has 0 aliphatic heterocycles. The molecule has 0 saturated carbocycles. The summed E-state index contributed by atoms with van der Waals surface area (Å²) in [7, 11) is 3.20. The topological polar surface area (TPSA) is 91.3 Å². The maximum atomic E-state index is 12.7. The van der Waals surface area contributed by atoms with Crippen molar-refractivity contribution in [1.29, 1.82) is 0 Å². The van der Waals surface area contributed by atoms with Crippen molar-refractivity contribution in [3.63, 3.8) is 0 Å². The lowest BCUT2D eigenvalue weighted by molar-refractivity contribution is 0.220. The molecule has 1 unspecified atom stereocenters. The summed E-state index contributed by atoms with van der Waals surface area (Å²) >= 11 is 0. The molecule has 0 radical (unpaired) electrons. The van der Waals surface area contributed by atoms with Crippen LogP contribution in [0, 0.1) is 5.92 Å². The van der Waals surface area contributed by atoms with Gasteiger partial charge in [0.15, 0.2) is 11.5 Å². The third-order valence-corrected chi connectivity index (χ3v) is 4.81. The van der Waals surface area contributed by atoms with Crippen molar-refractivity contribution in [2.45, 2.75) is 32.7 Å². The van der Waals surface area contributed by atoms with Crippen LogP contribution in [0.4, 0.5) is 10.5 Å². The Morgan fingerprint density at radius 2 is 1.90 bits per heavy atom. The largest absolute Gasteiger partial charge is 0.508 e. The number of urea groups is 1. The van der Waals surface area contributed by atoms with Gasteiger partial charge < -0.3 is 25.0 Å². The molecule has 0 bridgehead atoms. The molecule has 2 aromatic carbocycles. The molecule has 0 aromatic heterocycles. The summed E-state index contributed by atoms with van der Waals surface area (Å²) < 4.78 is 11.2. The van der Waals surface area contributed by atoms with Gasteiger partial charge in [0.1, 0.15) is 5.75 Å². The van der Waals surface area contributed by atoms with Crippen LogP contribution in [0.3, 0.4) is 0 Å². The minimum Gasteiger partial charge on any atom is -0.508 e. The van der Waals surface area contributed by atoms with E-state index in [1.165, 1.54) is 11.0 Å². The fourth-order valence-electron chi connectivity index (χ4n) is 3.03. The van der Waals surface area contributed by atoms with Gasteiger partial charge in [0.25, 0.3) is 0 Å². The molecule has 2 rings (SSSR count). The number of rotatable bonds is 10. The molecule has 7 heteroatoms. The van der Waals surface area contributed by atoms with Crippen molar-refractivity contribution in [2.24, 2.45) is 5.92 Å². The van der Waals surface area contributed by atoms with Crippen molar-refractivity contribution >= 4 is 11.7 Å². The number of aromatic hydroxyl groups is 1. The molecule has 1 atom stereocenters. The van der Waals surface area contributed by atoms with Crippen LogP contribution < -0.4 is 19.7 Å². The second kappa shape index (κ2) is 11.3. The minimum atomic E-state index is -0.730. The summed E-state index contributed by atoms with van der Waals surface area (Å²) in [6.45, 7) is 4.56. The summed E-state index contributed by atoms with van der Waals surface area (Å²) in [6.07, 6.45) is 2.00.